The molecule has 2 aromatic rings. The van der Waals surface area contributed by atoms with Gasteiger partial charge in [-0.15, -0.1) is 11.3 Å². The summed E-state index contributed by atoms with van der Waals surface area (Å²) in [4.78, 5) is 19.5. The third-order valence-electron chi connectivity index (χ3n) is 2.02. The molecule has 1 N–H and O–H groups in total. The van der Waals surface area contributed by atoms with Crippen molar-refractivity contribution in [1.29, 1.82) is 0 Å². The van der Waals surface area contributed by atoms with E-state index < -0.39 is 0 Å². The van der Waals surface area contributed by atoms with Gasteiger partial charge in [-0.2, -0.15) is 0 Å². The van der Waals surface area contributed by atoms with E-state index >= 15 is 0 Å². The van der Waals surface area contributed by atoms with Crippen molar-refractivity contribution in [3.05, 3.63) is 39.3 Å². The number of hydrogen-bond donors (Lipinski definition) is 1. The maximum absolute atomic E-state index is 11.5. The lowest BCUT2D eigenvalue weighted by Crippen LogP contribution is -2.13. The Labute approximate surface area is 85.5 Å². The largest absolute Gasteiger partial charge is 0.311 e. The molecule has 0 atom stereocenters. The van der Waals surface area contributed by atoms with E-state index in [2.05, 4.69) is 9.97 Å². The Hall–Kier alpha value is -1.42. The number of aryl methyl sites for hydroxylation is 1. The van der Waals surface area contributed by atoms with Gasteiger partial charge in [-0.3, -0.25) is 4.79 Å². The van der Waals surface area contributed by atoms with Gasteiger partial charge < -0.3 is 4.98 Å². The van der Waals surface area contributed by atoms with Crippen LogP contribution in [0.15, 0.2) is 22.3 Å². The second kappa shape index (κ2) is 3.38. The maximum atomic E-state index is 11.5. The van der Waals surface area contributed by atoms with E-state index in [-0.39, 0.29) is 5.56 Å². The van der Waals surface area contributed by atoms with Gasteiger partial charge in [-0.25, -0.2) is 4.98 Å². The Bertz CT molecular complexity index is 499. The van der Waals surface area contributed by atoms with Crippen LogP contribution >= 0.6 is 11.3 Å². The van der Waals surface area contributed by atoms with Crippen LogP contribution in [0.4, 0.5) is 0 Å². The monoisotopic (exact) mass is 206 g/mol. The zero-order valence-electron chi connectivity index (χ0n) is 8.00. The predicted octanol–water partition coefficient (Wildman–Crippen LogP) is 2.12. The minimum Gasteiger partial charge on any atom is -0.311 e. The number of nitrogens with one attached hydrogen (secondary N) is 1. The van der Waals surface area contributed by atoms with Crippen molar-refractivity contribution in [3.63, 3.8) is 0 Å². The van der Waals surface area contributed by atoms with Crippen LogP contribution in [0.1, 0.15) is 11.4 Å². The molecule has 14 heavy (non-hydrogen) atoms. The van der Waals surface area contributed by atoms with Crippen LogP contribution in [0, 0.1) is 13.8 Å². The second-order valence-electron chi connectivity index (χ2n) is 3.10. The first-order valence-corrected chi connectivity index (χ1v) is 5.18. The van der Waals surface area contributed by atoms with Gasteiger partial charge in [0.25, 0.3) is 5.56 Å². The molecule has 3 nitrogen and oxygen atoms in total. The smallest absolute Gasteiger partial charge is 0.254 e. The van der Waals surface area contributed by atoms with Crippen molar-refractivity contribution in [2.75, 3.05) is 0 Å². The van der Waals surface area contributed by atoms with Gasteiger partial charge in [-0.1, -0.05) is 6.07 Å². The molecule has 0 amide bonds. The lowest BCUT2D eigenvalue weighted by atomic mass is 10.2. The average Bonchev–Trinajstić information content (AvgIpc) is 2.63. The first kappa shape index (κ1) is 9.15. The summed E-state index contributed by atoms with van der Waals surface area (Å²) >= 11 is 1.59. The van der Waals surface area contributed by atoms with Crippen LogP contribution in [0.25, 0.3) is 10.6 Å². The number of rotatable bonds is 1. The Kier molecular flexibility index (Phi) is 2.21. The highest BCUT2D eigenvalue weighted by atomic mass is 32.1. The van der Waals surface area contributed by atoms with Crippen molar-refractivity contribution >= 4 is 11.3 Å². The average molecular weight is 206 g/mol. The van der Waals surface area contributed by atoms with E-state index in [1.165, 1.54) is 0 Å². The number of aromatic amines is 1. The molecule has 0 aromatic carbocycles. The molecule has 0 fully saturated rings. The summed E-state index contributed by atoms with van der Waals surface area (Å²) in [6.07, 6.45) is 0. The lowest BCUT2D eigenvalue weighted by Gasteiger charge is -2.02. The van der Waals surface area contributed by atoms with Gasteiger partial charge >= 0.3 is 0 Å². The Balaban J connectivity index is 2.70. The molecule has 2 rings (SSSR count). The Morgan fingerprint density at radius 2 is 2.21 bits per heavy atom. The predicted molar refractivity (Wildman–Crippen MR) is 57.6 cm³/mol. The van der Waals surface area contributed by atoms with Gasteiger partial charge in [-0.05, 0) is 25.3 Å². The van der Waals surface area contributed by atoms with Crippen molar-refractivity contribution in [3.8, 4) is 10.6 Å². The van der Waals surface area contributed by atoms with Gasteiger partial charge in [0.2, 0.25) is 0 Å². The Morgan fingerprint density at radius 3 is 2.86 bits per heavy atom. The highest BCUT2D eigenvalue weighted by Gasteiger charge is 2.08. The van der Waals surface area contributed by atoms with Crippen LogP contribution in [0.5, 0.6) is 0 Å². The molecule has 0 spiro atoms. The molecule has 0 radical (unpaired) electrons. The highest BCUT2D eigenvalue weighted by molar-refractivity contribution is 7.13. The highest BCUT2D eigenvalue weighted by Crippen LogP contribution is 2.23. The zero-order valence-corrected chi connectivity index (χ0v) is 8.81. The van der Waals surface area contributed by atoms with Gasteiger partial charge in [0.15, 0.2) is 0 Å². The molecule has 0 saturated heterocycles. The third-order valence-corrected chi connectivity index (χ3v) is 2.90. The normalized spacial score (nSPS) is 10.4. The van der Waals surface area contributed by atoms with Crippen molar-refractivity contribution in [2.45, 2.75) is 13.8 Å². The van der Waals surface area contributed by atoms with E-state index in [4.69, 9.17) is 0 Å². The second-order valence-corrected chi connectivity index (χ2v) is 4.05. The standard InChI is InChI=1S/C10H10N2OS/c1-6-9(8-4-3-5-14-8)11-7(2)12-10(6)13/h3-5H,1-2H3,(H,11,12,13). The molecule has 0 aliphatic rings. The summed E-state index contributed by atoms with van der Waals surface area (Å²) in [6.45, 7) is 3.58. The summed E-state index contributed by atoms with van der Waals surface area (Å²) in [5.41, 5.74) is 1.42. The third kappa shape index (κ3) is 1.48. The fraction of sp³-hybridized carbons (Fsp3) is 0.200. The molecule has 0 bridgehead atoms. The van der Waals surface area contributed by atoms with E-state index in [1.807, 2.05) is 17.5 Å². The van der Waals surface area contributed by atoms with Crippen molar-refractivity contribution < 1.29 is 0 Å². The fourth-order valence-corrected chi connectivity index (χ4v) is 2.07. The lowest BCUT2D eigenvalue weighted by molar-refractivity contribution is 1.00. The van der Waals surface area contributed by atoms with Crippen LogP contribution in [-0.4, -0.2) is 9.97 Å². The van der Waals surface area contributed by atoms with Gasteiger partial charge in [0.05, 0.1) is 10.6 Å². The first-order chi connectivity index (χ1) is 6.68. The Morgan fingerprint density at radius 1 is 1.43 bits per heavy atom. The summed E-state index contributed by atoms with van der Waals surface area (Å²) in [5, 5.41) is 1.98. The minimum atomic E-state index is -0.0547. The molecule has 72 valence electrons. The number of H-pyrrole nitrogens is 1. The van der Waals surface area contributed by atoms with Crippen LogP contribution in [0.3, 0.4) is 0 Å². The van der Waals surface area contributed by atoms with E-state index in [9.17, 15) is 4.79 Å². The number of thiophene rings is 1. The summed E-state index contributed by atoms with van der Waals surface area (Å²) in [5.74, 6) is 0.656. The fourth-order valence-electron chi connectivity index (χ4n) is 1.30. The first-order valence-electron chi connectivity index (χ1n) is 4.30. The molecular weight excluding hydrogens is 196 g/mol. The zero-order chi connectivity index (χ0) is 10.1. The summed E-state index contributed by atoms with van der Waals surface area (Å²) in [6, 6.07) is 3.93. The molecular formula is C10H10N2OS. The number of hydrogen-bond acceptors (Lipinski definition) is 3. The van der Waals surface area contributed by atoms with Crippen LogP contribution < -0.4 is 5.56 Å². The molecule has 0 aliphatic heterocycles. The van der Waals surface area contributed by atoms with Crippen LogP contribution in [-0.2, 0) is 0 Å². The minimum absolute atomic E-state index is 0.0547. The molecule has 4 heteroatoms. The molecule has 0 saturated carbocycles. The quantitative estimate of drug-likeness (QED) is 0.776. The maximum Gasteiger partial charge on any atom is 0.254 e. The van der Waals surface area contributed by atoms with Gasteiger partial charge in [0, 0.05) is 5.56 Å². The summed E-state index contributed by atoms with van der Waals surface area (Å²) < 4.78 is 0. The molecule has 0 unspecified atom stereocenters. The topological polar surface area (TPSA) is 45.8 Å². The van der Waals surface area contributed by atoms with Gasteiger partial charge in [0.1, 0.15) is 5.82 Å². The summed E-state index contributed by atoms with van der Waals surface area (Å²) in [7, 11) is 0. The molecule has 2 aromatic heterocycles. The SMILES string of the molecule is Cc1nc(-c2cccs2)c(C)c(=O)[nH]1. The van der Waals surface area contributed by atoms with Crippen molar-refractivity contribution in [1.82, 2.24) is 9.97 Å². The molecule has 0 aliphatic carbocycles. The number of nitrogens with zero attached hydrogens (tertiary/aromatic N) is 1. The molecule has 2 heterocycles. The van der Waals surface area contributed by atoms with E-state index in [1.54, 1.807) is 25.2 Å². The van der Waals surface area contributed by atoms with E-state index in [0.29, 0.717) is 11.4 Å². The van der Waals surface area contributed by atoms with Crippen LogP contribution in [0.2, 0.25) is 0 Å². The number of aromatic nitrogens is 2. The van der Waals surface area contributed by atoms with Crippen molar-refractivity contribution in [2.24, 2.45) is 0 Å². The van der Waals surface area contributed by atoms with E-state index in [0.717, 1.165) is 10.6 Å².